The fourth-order valence-corrected chi connectivity index (χ4v) is 3.22. The van der Waals surface area contributed by atoms with Crippen molar-refractivity contribution in [2.24, 2.45) is 4.99 Å². The molecule has 1 aliphatic heterocycles. The molecule has 2 aromatic rings. The fourth-order valence-electron chi connectivity index (χ4n) is 2.17. The van der Waals surface area contributed by atoms with Crippen molar-refractivity contribution in [1.29, 1.82) is 0 Å². The lowest BCUT2D eigenvalue weighted by molar-refractivity contribution is -0.118. The number of hydrogen-bond acceptors (Lipinski definition) is 4. The summed E-state index contributed by atoms with van der Waals surface area (Å²) in [6.07, 6.45) is 6.65. The maximum Gasteiger partial charge on any atom is 0.248 e. The number of hydrogen-bond donors (Lipinski definition) is 0. The lowest BCUT2D eigenvalue weighted by Crippen LogP contribution is -2.16. The molecule has 1 aromatic carbocycles. The first-order chi connectivity index (χ1) is 10.2. The SMILES string of the molecule is C#CCn1c(=NC(=O)CCC)sc2cc3c(cc21)OCO3. The van der Waals surface area contributed by atoms with Gasteiger partial charge in [-0.1, -0.05) is 24.2 Å². The summed E-state index contributed by atoms with van der Waals surface area (Å²) in [5, 5.41) is 0. The summed E-state index contributed by atoms with van der Waals surface area (Å²) in [4.78, 5) is 16.6. The third-order valence-corrected chi connectivity index (χ3v) is 4.15. The van der Waals surface area contributed by atoms with Crippen LogP contribution in [0.15, 0.2) is 17.1 Å². The van der Waals surface area contributed by atoms with Crippen molar-refractivity contribution in [3.63, 3.8) is 0 Å². The Kier molecular flexibility index (Phi) is 3.67. The van der Waals surface area contributed by atoms with E-state index in [1.165, 1.54) is 11.3 Å². The summed E-state index contributed by atoms with van der Waals surface area (Å²) < 4.78 is 13.6. The number of carbonyl (C=O) groups excluding carboxylic acids is 1. The minimum absolute atomic E-state index is 0.130. The van der Waals surface area contributed by atoms with E-state index < -0.39 is 0 Å². The number of benzene rings is 1. The van der Waals surface area contributed by atoms with Crippen LogP contribution in [-0.4, -0.2) is 17.3 Å². The first kappa shape index (κ1) is 13.7. The summed E-state index contributed by atoms with van der Waals surface area (Å²) >= 11 is 1.43. The van der Waals surface area contributed by atoms with Gasteiger partial charge in [0.05, 0.1) is 16.8 Å². The van der Waals surface area contributed by atoms with E-state index in [2.05, 4.69) is 10.9 Å². The van der Waals surface area contributed by atoms with Crippen molar-refractivity contribution in [3.05, 3.63) is 16.9 Å². The smallest absolute Gasteiger partial charge is 0.248 e. The van der Waals surface area contributed by atoms with Gasteiger partial charge >= 0.3 is 0 Å². The molecule has 0 spiro atoms. The fraction of sp³-hybridized carbons (Fsp3) is 0.333. The summed E-state index contributed by atoms with van der Waals surface area (Å²) in [7, 11) is 0. The molecule has 0 atom stereocenters. The van der Waals surface area contributed by atoms with Gasteiger partial charge in [0.15, 0.2) is 16.3 Å². The Bertz CT molecular complexity index is 811. The van der Waals surface area contributed by atoms with E-state index >= 15 is 0 Å². The molecule has 0 bridgehead atoms. The van der Waals surface area contributed by atoms with Gasteiger partial charge < -0.3 is 14.0 Å². The molecule has 2 heterocycles. The number of nitrogens with zero attached hydrogens (tertiary/aromatic N) is 2. The van der Waals surface area contributed by atoms with Gasteiger partial charge in [-0.3, -0.25) is 4.79 Å². The first-order valence-corrected chi connectivity index (χ1v) is 7.48. The molecule has 0 saturated carbocycles. The van der Waals surface area contributed by atoms with Gasteiger partial charge in [0, 0.05) is 18.6 Å². The Morgan fingerprint density at radius 3 is 2.95 bits per heavy atom. The lowest BCUT2D eigenvalue weighted by atomic mass is 10.3. The van der Waals surface area contributed by atoms with Crippen molar-refractivity contribution < 1.29 is 14.3 Å². The Labute approximate surface area is 125 Å². The normalized spacial score (nSPS) is 13.6. The number of rotatable bonds is 3. The van der Waals surface area contributed by atoms with Gasteiger partial charge in [-0.15, -0.1) is 6.42 Å². The van der Waals surface area contributed by atoms with Crippen LogP contribution in [-0.2, 0) is 11.3 Å². The lowest BCUT2D eigenvalue weighted by Gasteiger charge is -2.01. The minimum atomic E-state index is -0.130. The van der Waals surface area contributed by atoms with Crippen LogP contribution in [0.25, 0.3) is 10.2 Å². The number of terminal acetylenes is 1. The van der Waals surface area contributed by atoms with E-state index in [0.29, 0.717) is 29.3 Å². The van der Waals surface area contributed by atoms with Crippen LogP contribution in [0, 0.1) is 12.3 Å². The van der Waals surface area contributed by atoms with Crippen molar-refractivity contribution >= 4 is 27.5 Å². The van der Waals surface area contributed by atoms with E-state index in [-0.39, 0.29) is 12.7 Å². The molecule has 0 saturated heterocycles. The van der Waals surface area contributed by atoms with E-state index in [1.54, 1.807) is 0 Å². The van der Waals surface area contributed by atoms with Gasteiger partial charge in [0.2, 0.25) is 12.7 Å². The van der Waals surface area contributed by atoms with Gasteiger partial charge in [-0.05, 0) is 6.42 Å². The zero-order valence-corrected chi connectivity index (χ0v) is 12.4. The van der Waals surface area contributed by atoms with Gasteiger partial charge in [-0.2, -0.15) is 4.99 Å². The highest BCUT2D eigenvalue weighted by Gasteiger charge is 2.17. The van der Waals surface area contributed by atoms with Crippen molar-refractivity contribution in [2.45, 2.75) is 26.3 Å². The van der Waals surface area contributed by atoms with Crippen LogP contribution < -0.4 is 14.3 Å². The highest BCUT2D eigenvalue weighted by Crippen LogP contribution is 2.36. The standard InChI is InChI=1S/C15H14N2O3S/c1-3-5-14(18)16-15-17(6-4-2)10-7-11-12(20-9-19-11)8-13(10)21-15/h2,7-8H,3,5-6,9H2,1H3. The van der Waals surface area contributed by atoms with Crippen molar-refractivity contribution in [3.8, 4) is 23.8 Å². The molecule has 0 radical (unpaired) electrons. The zero-order chi connectivity index (χ0) is 14.8. The van der Waals surface area contributed by atoms with Crippen LogP contribution in [0.2, 0.25) is 0 Å². The third kappa shape index (κ3) is 2.52. The largest absolute Gasteiger partial charge is 0.454 e. The monoisotopic (exact) mass is 302 g/mol. The maximum absolute atomic E-state index is 11.8. The highest BCUT2D eigenvalue weighted by atomic mass is 32.1. The van der Waals surface area contributed by atoms with Crippen LogP contribution in [0.3, 0.4) is 0 Å². The predicted octanol–water partition coefficient (Wildman–Crippen LogP) is 2.29. The first-order valence-electron chi connectivity index (χ1n) is 6.67. The molecule has 0 fully saturated rings. The molecule has 0 unspecified atom stereocenters. The number of thiazole rings is 1. The summed E-state index contributed by atoms with van der Waals surface area (Å²) in [6.45, 7) is 2.54. The van der Waals surface area contributed by atoms with Gasteiger partial charge in [0.1, 0.15) is 0 Å². The predicted molar refractivity (Wildman–Crippen MR) is 80.2 cm³/mol. The van der Waals surface area contributed by atoms with Gasteiger partial charge in [-0.25, -0.2) is 0 Å². The molecule has 0 aliphatic carbocycles. The molecule has 108 valence electrons. The Morgan fingerprint density at radius 2 is 2.24 bits per heavy atom. The second kappa shape index (κ2) is 5.62. The molecule has 5 nitrogen and oxygen atoms in total. The molecule has 6 heteroatoms. The van der Waals surface area contributed by atoms with E-state index in [4.69, 9.17) is 15.9 Å². The molecular formula is C15H14N2O3S. The average molecular weight is 302 g/mol. The summed E-state index contributed by atoms with van der Waals surface area (Å²) in [6, 6.07) is 3.79. The van der Waals surface area contributed by atoms with Crippen molar-refractivity contribution in [1.82, 2.24) is 4.57 Å². The third-order valence-electron chi connectivity index (χ3n) is 3.11. The van der Waals surface area contributed by atoms with E-state index in [9.17, 15) is 4.79 Å². The van der Waals surface area contributed by atoms with Crippen LogP contribution in [0.1, 0.15) is 19.8 Å². The topological polar surface area (TPSA) is 52.8 Å². The Hall–Kier alpha value is -2.26. The summed E-state index contributed by atoms with van der Waals surface area (Å²) in [5.74, 6) is 3.88. The number of ether oxygens (including phenoxy) is 2. The molecule has 1 amide bonds. The Balaban J connectivity index is 2.19. The molecule has 1 aliphatic rings. The number of amides is 1. The zero-order valence-electron chi connectivity index (χ0n) is 11.6. The van der Waals surface area contributed by atoms with Gasteiger partial charge in [0.25, 0.3) is 0 Å². The molecule has 3 rings (SSSR count). The van der Waals surface area contributed by atoms with Crippen molar-refractivity contribution in [2.75, 3.05) is 6.79 Å². The number of aromatic nitrogens is 1. The van der Waals surface area contributed by atoms with E-state index in [1.807, 2.05) is 23.6 Å². The Morgan fingerprint density at radius 1 is 1.48 bits per heavy atom. The molecule has 1 aromatic heterocycles. The molecule has 21 heavy (non-hydrogen) atoms. The van der Waals surface area contributed by atoms with Crippen LogP contribution in [0.5, 0.6) is 11.5 Å². The second-order valence-electron chi connectivity index (χ2n) is 4.60. The molecule has 0 N–H and O–H groups in total. The summed E-state index contributed by atoms with van der Waals surface area (Å²) in [5.41, 5.74) is 0.908. The molecular weight excluding hydrogens is 288 g/mol. The number of fused-ring (bicyclic) bond motifs is 2. The highest BCUT2D eigenvalue weighted by molar-refractivity contribution is 7.16. The average Bonchev–Trinajstić information content (AvgIpc) is 3.02. The maximum atomic E-state index is 11.8. The van der Waals surface area contributed by atoms with E-state index in [0.717, 1.165) is 16.6 Å². The second-order valence-corrected chi connectivity index (χ2v) is 5.61. The number of carbonyl (C=O) groups is 1. The van der Waals surface area contributed by atoms with Crippen LogP contribution >= 0.6 is 11.3 Å². The minimum Gasteiger partial charge on any atom is -0.454 e. The quantitative estimate of drug-likeness (QED) is 0.817. The van der Waals surface area contributed by atoms with Crippen LogP contribution in [0.4, 0.5) is 0 Å².